The summed E-state index contributed by atoms with van der Waals surface area (Å²) in [6.07, 6.45) is 3.07. The van der Waals surface area contributed by atoms with Gasteiger partial charge in [-0.25, -0.2) is 0 Å². The lowest BCUT2D eigenvalue weighted by Gasteiger charge is -1.50. The van der Waals surface area contributed by atoms with Crippen molar-refractivity contribution in [1.29, 1.82) is 0 Å². The quantitative estimate of drug-likeness (QED) is 0.417. The van der Waals surface area contributed by atoms with Crippen molar-refractivity contribution in [3.63, 3.8) is 0 Å². The van der Waals surface area contributed by atoms with Gasteiger partial charge in [-0.3, -0.25) is 0 Å². The van der Waals surface area contributed by atoms with Crippen LogP contribution < -0.4 is 0 Å². The molecule has 1 heterocycles. The molecule has 1 aromatic rings. The lowest BCUT2D eigenvalue weighted by molar-refractivity contribution is 0.567. The van der Waals surface area contributed by atoms with E-state index in [0.717, 1.165) is 0 Å². The van der Waals surface area contributed by atoms with Gasteiger partial charge < -0.3 is 4.42 Å². The zero-order valence-electron chi connectivity index (χ0n) is 2.64. The SMILES string of the molecule is [MgH2].[c]1ccoc1. The Balaban J connectivity index is 0.000000250. The molecule has 29 valence electrons. The first-order valence-electron chi connectivity index (χ1n) is 1.38. The van der Waals surface area contributed by atoms with Crippen LogP contribution >= 0.6 is 0 Å². The van der Waals surface area contributed by atoms with Crippen LogP contribution in [0.25, 0.3) is 0 Å². The summed E-state index contributed by atoms with van der Waals surface area (Å²) in [7, 11) is 0. The topological polar surface area (TPSA) is 13.1 Å². The van der Waals surface area contributed by atoms with Crippen LogP contribution in [0.2, 0.25) is 0 Å². The third-order valence-corrected chi connectivity index (χ3v) is 0.379. The summed E-state index contributed by atoms with van der Waals surface area (Å²) >= 11 is 0. The molecule has 0 unspecified atom stereocenters. The second-order valence-electron chi connectivity index (χ2n) is 0.723. The van der Waals surface area contributed by atoms with E-state index >= 15 is 0 Å². The van der Waals surface area contributed by atoms with Crippen molar-refractivity contribution in [2.45, 2.75) is 0 Å². The third-order valence-electron chi connectivity index (χ3n) is 0.379. The average Bonchev–Trinajstić information content (AvgIpc) is 1.76. The summed E-state index contributed by atoms with van der Waals surface area (Å²) in [4.78, 5) is 0. The van der Waals surface area contributed by atoms with E-state index < -0.39 is 0 Å². The van der Waals surface area contributed by atoms with Crippen LogP contribution in [0.3, 0.4) is 0 Å². The number of hydrogen-bond acceptors (Lipinski definition) is 1. The second kappa shape index (κ2) is 3.24. The van der Waals surface area contributed by atoms with E-state index in [1.54, 1.807) is 12.3 Å². The van der Waals surface area contributed by atoms with Crippen LogP contribution in [0.5, 0.6) is 0 Å². The highest BCUT2D eigenvalue weighted by Gasteiger charge is 1.60. The molecule has 0 aliphatic carbocycles. The molecule has 0 spiro atoms. The summed E-state index contributed by atoms with van der Waals surface area (Å²) < 4.78 is 4.53. The van der Waals surface area contributed by atoms with Crippen LogP contribution in [0.15, 0.2) is 23.0 Å². The van der Waals surface area contributed by atoms with Gasteiger partial charge in [0.15, 0.2) is 0 Å². The minimum Gasteiger partial charge on any atom is -0.472 e. The van der Waals surface area contributed by atoms with Gasteiger partial charge in [-0.15, -0.1) is 0 Å². The predicted octanol–water partition coefficient (Wildman–Crippen LogP) is 0.164. The zero-order valence-corrected chi connectivity index (χ0v) is 2.64. The molecule has 1 nitrogen and oxygen atoms in total. The minimum absolute atomic E-state index is 0. The van der Waals surface area contributed by atoms with Crippen LogP contribution in [-0.2, 0) is 0 Å². The first-order valence-corrected chi connectivity index (χ1v) is 1.38. The van der Waals surface area contributed by atoms with Gasteiger partial charge >= 0.3 is 23.1 Å². The Labute approximate surface area is 52.5 Å². The Bertz CT molecular complexity index is 64.0. The maximum atomic E-state index is 4.53. The van der Waals surface area contributed by atoms with Gasteiger partial charge in [-0.2, -0.15) is 0 Å². The van der Waals surface area contributed by atoms with E-state index in [1.165, 1.54) is 6.26 Å². The van der Waals surface area contributed by atoms with E-state index in [9.17, 15) is 0 Å². The first kappa shape index (κ1) is 6.05. The Morgan fingerprint density at radius 1 is 1.50 bits per heavy atom. The molecule has 0 saturated carbocycles. The molecule has 1 radical (unpaired) electrons. The molecule has 0 N–H and O–H groups in total. The number of rotatable bonds is 0. The molecule has 0 aliphatic heterocycles. The van der Waals surface area contributed by atoms with E-state index in [1.807, 2.05) is 0 Å². The standard InChI is InChI=1S/C4H3O.Mg.2H/c1-2-4-5-3-1;;;/h1,3-4H;;;. The molecule has 0 fully saturated rings. The van der Waals surface area contributed by atoms with Gasteiger partial charge in [-0.1, -0.05) is 0 Å². The Morgan fingerprint density at radius 2 is 2.33 bits per heavy atom. The highest BCUT2D eigenvalue weighted by molar-refractivity contribution is 5.75. The molecule has 1 aromatic heterocycles. The molecule has 1 rings (SSSR count). The zero-order chi connectivity index (χ0) is 3.54. The van der Waals surface area contributed by atoms with E-state index in [2.05, 4.69) is 10.5 Å². The molecule has 0 aliphatic rings. The fourth-order valence-corrected chi connectivity index (χ4v) is 0.196. The molecule has 0 saturated heterocycles. The van der Waals surface area contributed by atoms with Gasteiger partial charge in [0.1, 0.15) is 0 Å². The fourth-order valence-electron chi connectivity index (χ4n) is 0.196. The lowest BCUT2D eigenvalue weighted by Crippen LogP contribution is -1.19. The van der Waals surface area contributed by atoms with Crippen molar-refractivity contribution in [3.8, 4) is 0 Å². The van der Waals surface area contributed by atoms with Crippen molar-refractivity contribution in [1.82, 2.24) is 0 Å². The molecule has 2 heteroatoms. The molecule has 6 heavy (non-hydrogen) atoms. The Kier molecular flexibility index (Phi) is 3.27. The summed E-state index contributed by atoms with van der Waals surface area (Å²) in [6, 6.07) is 4.40. The summed E-state index contributed by atoms with van der Waals surface area (Å²) in [5.41, 5.74) is 0. The first-order chi connectivity index (χ1) is 2.50. The van der Waals surface area contributed by atoms with E-state index in [0.29, 0.717) is 0 Å². The fraction of sp³-hybridized carbons (Fsp3) is 0. The summed E-state index contributed by atoms with van der Waals surface area (Å²) in [6.45, 7) is 0. The summed E-state index contributed by atoms with van der Waals surface area (Å²) in [5.74, 6) is 0. The van der Waals surface area contributed by atoms with Crippen LogP contribution in [0, 0.1) is 6.07 Å². The van der Waals surface area contributed by atoms with Crippen LogP contribution in [-0.4, -0.2) is 23.1 Å². The van der Waals surface area contributed by atoms with Crippen molar-refractivity contribution in [2.24, 2.45) is 0 Å². The highest BCUT2D eigenvalue weighted by atomic mass is 24.3. The minimum atomic E-state index is 0. The van der Waals surface area contributed by atoms with Gasteiger partial charge in [-0.05, 0) is 6.07 Å². The molecule has 0 atom stereocenters. The van der Waals surface area contributed by atoms with Crippen LogP contribution in [0.1, 0.15) is 0 Å². The Morgan fingerprint density at radius 3 is 2.50 bits per heavy atom. The van der Waals surface area contributed by atoms with Crippen LogP contribution in [0.4, 0.5) is 0 Å². The number of hydrogen-bond donors (Lipinski definition) is 0. The second-order valence-corrected chi connectivity index (χ2v) is 0.723. The predicted molar refractivity (Wildman–Crippen MR) is 26.1 cm³/mol. The normalized spacial score (nSPS) is 6.67. The number of furan rings is 1. The molecule has 0 bridgehead atoms. The molecular formula is C4H5MgO. The summed E-state index contributed by atoms with van der Waals surface area (Å²) in [5, 5.41) is 0. The van der Waals surface area contributed by atoms with Gasteiger partial charge in [0.2, 0.25) is 0 Å². The average molecular weight is 93.4 g/mol. The van der Waals surface area contributed by atoms with Gasteiger partial charge in [0.25, 0.3) is 0 Å². The van der Waals surface area contributed by atoms with Crippen molar-refractivity contribution >= 4 is 23.1 Å². The highest BCUT2D eigenvalue weighted by Crippen LogP contribution is 1.78. The van der Waals surface area contributed by atoms with Gasteiger partial charge in [0, 0.05) is 6.07 Å². The van der Waals surface area contributed by atoms with E-state index in [-0.39, 0.29) is 23.1 Å². The van der Waals surface area contributed by atoms with Gasteiger partial charge in [0.05, 0.1) is 12.5 Å². The molecular weight excluding hydrogens is 88.3 g/mol. The molecule has 0 amide bonds. The largest absolute Gasteiger partial charge is 0.472 e. The third kappa shape index (κ3) is 1.47. The molecule has 0 aromatic carbocycles. The smallest absolute Gasteiger partial charge is 0.316 e. The monoisotopic (exact) mass is 93.0 g/mol. The Hall–Kier alpha value is 0.0462. The van der Waals surface area contributed by atoms with Crippen molar-refractivity contribution in [3.05, 3.63) is 24.7 Å². The van der Waals surface area contributed by atoms with E-state index in [4.69, 9.17) is 0 Å². The maximum absolute atomic E-state index is 4.53. The maximum Gasteiger partial charge on any atom is 0.316 e. The lowest BCUT2D eigenvalue weighted by atomic mass is 10.7. The van der Waals surface area contributed by atoms with Crippen molar-refractivity contribution < 1.29 is 4.42 Å². The van der Waals surface area contributed by atoms with Crippen molar-refractivity contribution in [2.75, 3.05) is 0 Å².